The van der Waals surface area contributed by atoms with Crippen LogP contribution in [0.5, 0.6) is 0 Å². The smallest absolute Gasteiger partial charge is 0.281 e. The van der Waals surface area contributed by atoms with Crippen LogP contribution in [-0.4, -0.2) is 21.6 Å². The molecule has 0 bridgehead atoms. The Labute approximate surface area is 102 Å². The molecule has 0 spiro atoms. The van der Waals surface area contributed by atoms with Gasteiger partial charge >= 0.3 is 5.69 Å². The first kappa shape index (κ1) is 13.4. The van der Waals surface area contributed by atoms with E-state index < -0.39 is 11.2 Å². The zero-order chi connectivity index (χ0) is 13.0. The highest BCUT2D eigenvalue weighted by Crippen LogP contribution is 2.09. The first-order chi connectivity index (χ1) is 8.02. The molecule has 1 rings (SSSR count). The Bertz CT molecular complexity index is 522. The highest BCUT2D eigenvalue weighted by molar-refractivity contribution is 6.17. The summed E-state index contributed by atoms with van der Waals surface area (Å²) in [6.45, 7) is 0.257. The first-order valence-corrected chi connectivity index (χ1v) is 5.50. The fourth-order valence-electron chi connectivity index (χ4n) is 1.38. The van der Waals surface area contributed by atoms with Gasteiger partial charge in [0, 0.05) is 32.6 Å². The molecule has 94 valence electrons. The summed E-state index contributed by atoms with van der Waals surface area (Å²) >= 11 is 5.51. The summed E-state index contributed by atoms with van der Waals surface area (Å²) < 4.78 is 2.14. The number of alkyl halides is 1. The van der Waals surface area contributed by atoms with Crippen LogP contribution in [0.4, 0.5) is 5.82 Å². The highest BCUT2D eigenvalue weighted by Gasteiger charge is 2.13. The van der Waals surface area contributed by atoms with Crippen LogP contribution >= 0.6 is 11.6 Å². The van der Waals surface area contributed by atoms with Gasteiger partial charge in [-0.25, -0.2) is 9.80 Å². The molecule has 0 N–H and O–H groups in total. The van der Waals surface area contributed by atoms with Gasteiger partial charge in [0.1, 0.15) is 5.82 Å². The van der Waals surface area contributed by atoms with Crippen molar-refractivity contribution >= 4 is 17.4 Å². The van der Waals surface area contributed by atoms with E-state index in [2.05, 4.69) is 5.29 Å². The standard InChI is InChI=1S/C9H13ClN4O3/c1-12-7(14(11-17)5-3-4-10)6-8(15)13(2)9(12)16/h6H,3-5H2,1-2H3. The molecule has 0 saturated heterocycles. The fraction of sp³-hybridized carbons (Fsp3) is 0.556. The number of nitroso groups, excluding NO2 is 1. The lowest BCUT2D eigenvalue weighted by Crippen LogP contribution is -2.39. The van der Waals surface area contributed by atoms with Crippen molar-refractivity contribution < 1.29 is 0 Å². The minimum Gasteiger partial charge on any atom is -0.281 e. The maximum Gasteiger partial charge on any atom is 0.332 e. The van der Waals surface area contributed by atoms with E-state index in [4.69, 9.17) is 11.6 Å². The molecule has 1 aromatic heterocycles. The van der Waals surface area contributed by atoms with Crippen LogP contribution < -0.4 is 16.3 Å². The van der Waals surface area contributed by atoms with Crippen LogP contribution in [-0.2, 0) is 14.1 Å². The lowest BCUT2D eigenvalue weighted by atomic mass is 10.4. The van der Waals surface area contributed by atoms with Gasteiger partial charge < -0.3 is 0 Å². The van der Waals surface area contributed by atoms with Gasteiger partial charge in [0.25, 0.3) is 5.56 Å². The molecule has 0 unspecified atom stereocenters. The van der Waals surface area contributed by atoms with Crippen molar-refractivity contribution in [1.82, 2.24) is 9.13 Å². The minimum absolute atomic E-state index is 0.165. The van der Waals surface area contributed by atoms with Gasteiger partial charge in [0.15, 0.2) is 0 Å². The van der Waals surface area contributed by atoms with E-state index in [9.17, 15) is 14.5 Å². The van der Waals surface area contributed by atoms with Crippen LogP contribution in [0.3, 0.4) is 0 Å². The SMILES string of the molecule is Cn1c(N(CCCCl)N=O)cc(=O)n(C)c1=O. The van der Waals surface area contributed by atoms with E-state index in [1.807, 2.05) is 0 Å². The summed E-state index contributed by atoms with van der Waals surface area (Å²) in [5.74, 6) is 0.531. The van der Waals surface area contributed by atoms with Crippen LogP contribution in [0.2, 0.25) is 0 Å². The Morgan fingerprint density at radius 3 is 2.53 bits per heavy atom. The maximum atomic E-state index is 11.6. The summed E-state index contributed by atoms with van der Waals surface area (Å²) in [4.78, 5) is 33.8. The molecule has 0 aliphatic heterocycles. The van der Waals surface area contributed by atoms with Gasteiger partial charge in [0.05, 0.1) is 5.29 Å². The molecule has 0 radical (unpaired) electrons. The quantitative estimate of drug-likeness (QED) is 0.431. The Hall–Kier alpha value is -1.63. The topological polar surface area (TPSA) is 76.7 Å². The normalized spacial score (nSPS) is 10.3. The summed E-state index contributed by atoms with van der Waals surface area (Å²) in [6.07, 6.45) is 0.524. The van der Waals surface area contributed by atoms with Gasteiger partial charge in [-0.3, -0.25) is 13.9 Å². The second-order valence-electron chi connectivity index (χ2n) is 3.49. The fourth-order valence-corrected chi connectivity index (χ4v) is 1.50. The maximum absolute atomic E-state index is 11.6. The van der Waals surface area contributed by atoms with Crippen molar-refractivity contribution in [2.24, 2.45) is 19.4 Å². The molecule has 0 aliphatic carbocycles. The average molecular weight is 261 g/mol. The Morgan fingerprint density at radius 1 is 1.35 bits per heavy atom. The largest absolute Gasteiger partial charge is 0.332 e. The number of hydrogen-bond acceptors (Lipinski definition) is 4. The zero-order valence-electron chi connectivity index (χ0n) is 9.59. The zero-order valence-corrected chi connectivity index (χ0v) is 10.3. The molecule has 0 atom stereocenters. The van der Waals surface area contributed by atoms with Gasteiger partial charge in [0.2, 0.25) is 0 Å². The second kappa shape index (κ2) is 5.62. The van der Waals surface area contributed by atoms with Crippen molar-refractivity contribution in [2.45, 2.75) is 6.42 Å². The van der Waals surface area contributed by atoms with Crippen molar-refractivity contribution in [1.29, 1.82) is 0 Å². The van der Waals surface area contributed by atoms with E-state index in [1.165, 1.54) is 24.7 Å². The van der Waals surface area contributed by atoms with Crippen LogP contribution in [0.15, 0.2) is 20.9 Å². The lowest BCUT2D eigenvalue weighted by molar-refractivity contribution is 0.658. The van der Waals surface area contributed by atoms with E-state index in [0.29, 0.717) is 12.3 Å². The predicted octanol–water partition coefficient (Wildman–Crippen LogP) is 0.201. The number of halogens is 1. The molecule has 0 aromatic carbocycles. The lowest BCUT2D eigenvalue weighted by Gasteiger charge is -2.17. The van der Waals surface area contributed by atoms with Gasteiger partial charge in [-0.1, -0.05) is 0 Å². The summed E-state index contributed by atoms with van der Waals surface area (Å²) in [5, 5.41) is 3.83. The summed E-state index contributed by atoms with van der Waals surface area (Å²) in [7, 11) is 2.84. The monoisotopic (exact) mass is 260 g/mol. The molecule has 0 aliphatic rings. The number of anilines is 1. The van der Waals surface area contributed by atoms with Gasteiger partial charge in [-0.2, -0.15) is 0 Å². The molecule has 0 fully saturated rings. The summed E-state index contributed by atoms with van der Waals surface area (Å²) in [5.41, 5.74) is -0.991. The molecular weight excluding hydrogens is 248 g/mol. The number of rotatable bonds is 5. The third-order valence-corrected chi connectivity index (χ3v) is 2.63. The van der Waals surface area contributed by atoms with Crippen LogP contribution in [0.25, 0.3) is 0 Å². The summed E-state index contributed by atoms with van der Waals surface area (Å²) in [6, 6.07) is 1.19. The average Bonchev–Trinajstić information content (AvgIpc) is 2.33. The molecule has 8 heteroatoms. The third kappa shape index (κ3) is 2.73. The highest BCUT2D eigenvalue weighted by atomic mass is 35.5. The molecule has 7 nitrogen and oxygen atoms in total. The van der Waals surface area contributed by atoms with Gasteiger partial charge in [-0.05, 0) is 6.42 Å². The number of nitrogens with zero attached hydrogens (tertiary/aromatic N) is 4. The molecular formula is C9H13ClN4O3. The predicted molar refractivity (Wildman–Crippen MR) is 65.4 cm³/mol. The van der Waals surface area contributed by atoms with E-state index in [1.54, 1.807) is 0 Å². The van der Waals surface area contributed by atoms with Gasteiger partial charge in [-0.15, -0.1) is 16.5 Å². The Kier molecular flexibility index (Phi) is 4.45. The molecule has 0 saturated carbocycles. The van der Waals surface area contributed by atoms with Crippen LogP contribution in [0, 0.1) is 4.91 Å². The third-order valence-electron chi connectivity index (χ3n) is 2.37. The number of aromatic nitrogens is 2. The van der Waals surface area contributed by atoms with E-state index in [-0.39, 0.29) is 12.4 Å². The van der Waals surface area contributed by atoms with Crippen molar-refractivity contribution in [3.8, 4) is 0 Å². The number of hydrogen-bond donors (Lipinski definition) is 0. The van der Waals surface area contributed by atoms with Crippen molar-refractivity contribution in [3.63, 3.8) is 0 Å². The molecule has 17 heavy (non-hydrogen) atoms. The molecule has 1 heterocycles. The Morgan fingerprint density at radius 2 is 2.00 bits per heavy atom. The van der Waals surface area contributed by atoms with Crippen LogP contribution in [0.1, 0.15) is 6.42 Å². The van der Waals surface area contributed by atoms with Crippen molar-refractivity contribution in [2.75, 3.05) is 17.4 Å². The Balaban J connectivity index is 3.25. The van der Waals surface area contributed by atoms with E-state index >= 15 is 0 Å². The molecule has 0 amide bonds. The van der Waals surface area contributed by atoms with E-state index in [0.717, 1.165) is 9.58 Å². The van der Waals surface area contributed by atoms with Crippen molar-refractivity contribution in [3.05, 3.63) is 31.8 Å². The second-order valence-corrected chi connectivity index (χ2v) is 3.87. The molecule has 1 aromatic rings. The first-order valence-electron chi connectivity index (χ1n) is 4.96. The minimum atomic E-state index is -0.507.